The van der Waals surface area contributed by atoms with Crippen LogP contribution in [0.5, 0.6) is 5.75 Å². The average molecular weight is 318 g/mol. The molecule has 0 aliphatic heterocycles. The molecule has 1 aromatic heterocycles. The lowest BCUT2D eigenvalue weighted by Crippen LogP contribution is -2.23. The summed E-state index contributed by atoms with van der Waals surface area (Å²) in [4.78, 5) is 18.3. The van der Waals surface area contributed by atoms with Gasteiger partial charge in [-0.1, -0.05) is 20.8 Å². The molecule has 2 rings (SSSR count). The van der Waals surface area contributed by atoms with E-state index in [0.29, 0.717) is 4.80 Å². The Morgan fingerprint density at radius 1 is 1.27 bits per heavy atom. The van der Waals surface area contributed by atoms with Gasteiger partial charge in [-0.15, -0.1) is 11.3 Å². The summed E-state index contributed by atoms with van der Waals surface area (Å²) in [6.07, 6.45) is 2.00. The van der Waals surface area contributed by atoms with E-state index in [0.717, 1.165) is 21.9 Å². The second-order valence-corrected chi connectivity index (χ2v) is 7.53. The number of hydrogen-bond donors (Lipinski definition) is 0. The van der Waals surface area contributed by atoms with E-state index in [9.17, 15) is 4.79 Å². The van der Waals surface area contributed by atoms with Gasteiger partial charge in [-0.3, -0.25) is 9.36 Å². The largest absolute Gasteiger partial charge is 0.496 e. The van der Waals surface area contributed by atoms with E-state index in [-0.39, 0.29) is 5.91 Å². The number of thiazole rings is 1. The highest BCUT2D eigenvalue weighted by molar-refractivity contribution is 7.09. The topological polar surface area (TPSA) is 43.6 Å². The van der Waals surface area contributed by atoms with Crippen molar-refractivity contribution in [1.82, 2.24) is 4.57 Å². The van der Waals surface area contributed by atoms with Crippen LogP contribution in [0.15, 0.2) is 29.4 Å². The first kappa shape index (κ1) is 16.5. The van der Waals surface area contributed by atoms with E-state index in [1.54, 1.807) is 7.11 Å². The van der Waals surface area contributed by atoms with Crippen LogP contribution in [0, 0.1) is 19.3 Å². The fourth-order valence-electron chi connectivity index (χ4n) is 1.99. The van der Waals surface area contributed by atoms with Crippen LogP contribution >= 0.6 is 11.3 Å². The lowest BCUT2D eigenvalue weighted by molar-refractivity contribution is -0.125. The monoisotopic (exact) mass is 318 g/mol. The second kappa shape index (κ2) is 6.08. The van der Waals surface area contributed by atoms with Crippen molar-refractivity contribution >= 4 is 17.2 Å². The molecule has 0 spiro atoms. The summed E-state index contributed by atoms with van der Waals surface area (Å²) in [5.41, 5.74) is 1.54. The van der Waals surface area contributed by atoms with Crippen LogP contribution in [0.4, 0.5) is 0 Å². The quantitative estimate of drug-likeness (QED) is 0.848. The summed E-state index contributed by atoms with van der Waals surface area (Å²) in [5, 5.41) is 0. The Kier molecular flexibility index (Phi) is 4.56. The SMILES string of the molecule is COc1ccc(-n2cc(C)s/c2=N\C(=O)C(C)(C)C)cc1C. The Hall–Kier alpha value is -1.88. The van der Waals surface area contributed by atoms with Crippen LogP contribution in [0.3, 0.4) is 0 Å². The predicted octanol–water partition coefficient (Wildman–Crippen LogP) is 3.64. The molecule has 0 atom stereocenters. The number of amides is 1. The van der Waals surface area contributed by atoms with E-state index < -0.39 is 5.41 Å². The molecule has 4 nitrogen and oxygen atoms in total. The molecule has 0 N–H and O–H groups in total. The van der Waals surface area contributed by atoms with Gasteiger partial charge in [0.05, 0.1) is 7.11 Å². The second-order valence-electron chi connectivity index (χ2n) is 6.32. The molecule has 1 aromatic carbocycles. The van der Waals surface area contributed by atoms with Crippen LogP contribution in [-0.4, -0.2) is 17.6 Å². The minimum Gasteiger partial charge on any atom is -0.496 e. The lowest BCUT2D eigenvalue weighted by Gasteiger charge is -2.12. The van der Waals surface area contributed by atoms with Crippen LogP contribution in [0.2, 0.25) is 0 Å². The lowest BCUT2D eigenvalue weighted by atomic mass is 9.96. The first-order chi connectivity index (χ1) is 10.2. The number of benzene rings is 1. The predicted molar refractivity (Wildman–Crippen MR) is 89.7 cm³/mol. The summed E-state index contributed by atoms with van der Waals surface area (Å²) in [5.74, 6) is 0.730. The number of carbonyl (C=O) groups excluding carboxylic acids is 1. The van der Waals surface area contributed by atoms with Crippen molar-refractivity contribution in [3.63, 3.8) is 0 Å². The molecule has 5 heteroatoms. The number of nitrogens with zero attached hydrogens (tertiary/aromatic N) is 2. The van der Waals surface area contributed by atoms with Crippen molar-refractivity contribution in [2.75, 3.05) is 7.11 Å². The highest BCUT2D eigenvalue weighted by atomic mass is 32.1. The molecule has 1 amide bonds. The molecule has 0 radical (unpaired) electrons. The van der Waals surface area contributed by atoms with E-state index >= 15 is 0 Å². The molecule has 0 bridgehead atoms. The van der Waals surface area contributed by atoms with Gasteiger partial charge in [-0.2, -0.15) is 4.99 Å². The molecule has 0 aliphatic rings. The third kappa shape index (κ3) is 3.47. The molecule has 0 aliphatic carbocycles. The van der Waals surface area contributed by atoms with Crippen LogP contribution < -0.4 is 9.54 Å². The van der Waals surface area contributed by atoms with Crippen molar-refractivity contribution in [2.45, 2.75) is 34.6 Å². The molecule has 0 saturated carbocycles. The minimum atomic E-state index is -0.481. The van der Waals surface area contributed by atoms with Gasteiger partial charge in [0, 0.05) is 22.2 Å². The molecule has 0 unspecified atom stereocenters. The zero-order valence-electron chi connectivity index (χ0n) is 13.9. The fraction of sp³-hybridized carbons (Fsp3) is 0.412. The molecular formula is C17H22N2O2S. The Labute approximate surface area is 135 Å². The third-order valence-corrected chi connectivity index (χ3v) is 4.16. The van der Waals surface area contributed by atoms with E-state index in [1.807, 2.05) is 63.6 Å². The van der Waals surface area contributed by atoms with Crippen LogP contribution in [0.1, 0.15) is 31.2 Å². The summed E-state index contributed by atoms with van der Waals surface area (Å²) >= 11 is 1.51. The number of aromatic nitrogens is 1. The highest BCUT2D eigenvalue weighted by Gasteiger charge is 2.21. The smallest absolute Gasteiger partial charge is 0.253 e. The number of hydrogen-bond acceptors (Lipinski definition) is 3. The number of methoxy groups -OCH3 is 1. The molecule has 22 heavy (non-hydrogen) atoms. The Bertz CT molecular complexity index is 764. The average Bonchev–Trinajstić information content (AvgIpc) is 2.78. The van der Waals surface area contributed by atoms with Crippen molar-refractivity contribution in [1.29, 1.82) is 0 Å². The maximum Gasteiger partial charge on any atom is 0.253 e. The highest BCUT2D eigenvalue weighted by Crippen LogP contribution is 2.21. The molecule has 1 heterocycles. The van der Waals surface area contributed by atoms with Crippen molar-refractivity contribution in [3.05, 3.63) is 39.6 Å². The zero-order valence-corrected chi connectivity index (χ0v) is 14.7. The summed E-state index contributed by atoms with van der Waals surface area (Å²) in [6, 6.07) is 5.93. The van der Waals surface area contributed by atoms with Crippen molar-refractivity contribution in [3.8, 4) is 11.4 Å². The first-order valence-electron chi connectivity index (χ1n) is 7.15. The minimum absolute atomic E-state index is 0.117. The number of aryl methyl sites for hydroxylation is 2. The van der Waals surface area contributed by atoms with Gasteiger partial charge in [-0.05, 0) is 37.6 Å². The van der Waals surface area contributed by atoms with E-state index in [1.165, 1.54) is 11.3 Å². The molecule has 0 saturated heterocycles. The number of ether oxygens (including phenoxy) is 1. The van der Waals surface area contributed by atoms with E-state index in [4.69, 9.17) is 4.74 Å². The van der Waals surface area contributed by atoms with Gasteiger partial charge in [0.2, 0.25) is 0 Å². The Morgan fingerprint density at radius 2 is 1.95 bits per heavy atom. The Balaban J connectivity index is 2.56. The standard InChI is InChI=1S/C17H22N2O2S/c1-11-9-13(7-8-14(11)21-6)19-10-12(2)22-16(19)18-15(20)17(3,4)5/h7-10H,1-6H3/b18-16-. The molecule has 118 valence electrons. The van der Waals surface area contributed by atoms with Crippen molar-refractivity contribution in [2.24, 2.45) is 10.4 Å². The van der Waals surface area contributed by atoms with Gasteiger partial charge in [-0.25, -0.2) is 0 Å². The van der Waals surface area contributed by atoms with Gasteiger partial charge in [0.25, 0.3) is 5.91 Å². The molecule has 2 aromatic rings. The zero-order chi connectivity index (χ0) is 16.5. The third-order valence-electron chi connectivity index (χ3n) is 3.26. The van der Waals surface area contributed by atoms with Crippen LogP contribution in [-0.2, 0) is 4.79 Å². The van der Waals surface area contributed by atoms with Gasteiger partial charge < -0.3 is 4.74 Å². The molecule has 0 fully saturated rings. The van der Waals surface area contributed by atoms with Gasteiger partial charge in [0.15, 0.2) is 4.80 Å². The maximum atomic E-state index is 12.2. The van der Waals surface area contributed by atoms with Crippen LogP contribution in [0.25, 0.3) is 5.69 Å². The van der Waals surface area contributed by atoms with Gasteiger partial charge in [0.1, 0.15) is 5.75 Å². The van der Waals surface area contributed by atoms with E-state index in [2.05, 4.69) is 4.99 Å². The normalized spacial score (nSPS) is 12.5. The van der Waals surface area contributed by atoms with Crippen molar-refractivity contribution < 1.29 is 9.53 Å². The fourth-order valence-corrected chi connectivity index (χ4v) is 2.82. The number of carbonyl (C=O) groups is 1. The van der Waals surface area contributed by atoms with Gasteiger partial charge >= 0.3 is 0 Å². The molecular weight excluding hydrogens is 296 g/mol. The first-order valence-corrected chi connectivity index (χ1v) is 7.97. The Morgan fingerprint density at radius 3 is 2.50 bits per heavy atom. The number of rotatable bonds is 2. The summed E-state index contributed by atoms with van der Waals surface area (Å²) in [6.45, 7) is 9.64. The maximum absolute atomic E-state index is 12.2. The summed E-state index contributed by atoms with van der Waals surface area (Å²) < 4.78 is 7.25. The summed E-state index contributed by atoms with van der Waals surface area (Å²) in [7, 11) is 1.66.